The Morgan fingerprint density at radius 1 is 1.36 bits per heavy atom. The molecule has 3 N–H and O–H groups in total. The van der Waals surface area contributed by atoms with Crippen LogP contribution >= 0.6 is 0 Å². The van der Waals surface area contributed by atoms with E-state index in [9.17, 15) is 14.4 Å². The maximum absolute atomic E-state index is 12.1. The van der Waals surface area contributed by atoms with Crippen LogP contribution in [0.3, 0.4) is 0 Å². The summed E-state index contributed by atoms with van der Waals surface area (Å²) >= 11 is 0. The molecule has 1 unspecified atom stereocenters. The number of nitrogens with one attached hydrogen (secondary N) is 3. The lowest BCUT2D eigenvalue weighted by Crippen LogP contribution is -2.48. The van der Waals surface area contributed by atoms with Crippen LogP contribution in [0.2, 0.25) is 0 Å². The summed E-state index contributed by atoms with van der Waals surface area (Å²) in [5.41, 5.74) is 0.900. The van der Waals surface area contributed by atoms with Gasteiger partial charge in [0.1, 0.15) is 6.04 Å². The molecule has 0 spiro atoms. The van der Waals surface area contributed by atoms with Gasteiger partial charge in [-0.15, -0.1) is 0 Å². The van der Waals surface area contributed by atoms with Crippen LogP contribution in [-0.2, 0) is 9.53 Å². The van der Waals surface area contributed by atoms with E-state index in [4.69, 9.17) is 4.74 Å². The number of aromatic amines is 1. The van der Waals surface area contributed by atoms with Gasteiger partial charge in [-0.25, -0.2) is 9.59 Å². The predicted molar refractivity (Wildman–Crippen MR) is 77.9 cm³/mol. The molecule has 2 heterocycles. The first-order valence-corrected chi connectivity index (χ1v) is 6.74. The number of carbonyl (C=O) groups excluding carboxylic acids is 2. The zero-order chi connectivity index (χ0) is 15.5. The number of imidazole rings is 1. The summed E-state index contributed by atoms with van der Waals surface area (Å²) in [5.74, 6) is -0.324. The molecule has 22 heavy (non-hydrogen) atoms. The quantitative estimate of drug-likeness (QED) is 0.772. The van der Waals surface area contributed by atoms with Crippen molar-refractivity contribution in [2.45, 2.75) is 12.5 Å². The topological polar surface area (TPSA) is 105 Å². The summed E-state index contributed by atoms with van der Waals surface area (Å²) in [5, 5.41) is 5.17. The minimum atomic E-state index is -0.625. The molecule has 3 rings (SSSR count). The maximum atomic E-state index is 12.1. The van der Waals surface area contributed by atoms with Gasteiger partial charge in [-0.2, -0.15) is 0 Å². The third-order valence-electron chi connectivity index (χ3n) is 3.29. The van der Waals surface area contributed by atoms with Crippen molar-refractivity contribution in [3.05, 3.63) is 47.1 Å². The molecule has 0 bridgehead atoms. The lowest BCUT2D eigenvalue weighted by molar-refractivity contribution is -0.119. The van der Waals surface area contributed by atoms with E-state index in [0.717, 1.165) is 0 Å². The van der Waals surface area contributed by atoms with E-state index < -0.39 is 12.1 Å². The van der Waals surface area contributed by atoms with Crippen molar-refractivity contribution in [2.24, 2.45) is 0 Å². The Morgan fingerprint density at radius 2 is 2.23 bits per heavy atom. The molecule has 8 nitrogen and oxygen atoms in total. The summed E-state index contributed by atoms with van der Waals surface area (Å²) in [7, 11) is 0. The fourth-order valence-electron chi connectivity index (χ4n) is 2.21. The van der Waals surface area contributed by atoms with Crippen molar-refractivity contribution in [1.82, 2.24) is 14.9 Å². The number of aromatic nitrogens is 2. The second kappa shape index (κ2) is 5.76. The molecular weight excluding hydrogens is 288 g/mol. The molecule has 0 saturated carbocycles. The highest BCUT2D eigenvalue weighted by Gasteiger charge is 2.25. The number of alkyl carbamates (subject to hydrolysis) is 1. The fraction of sp³-hybridized carbons (Fsp3) is 0.214. The number of cyclic esters (lactones) is 1. The summed E-state index contributed by atoms with van der Waals surface area (Å²) in [4.78, 5) is 37.4. The van der Waals surface area contributed by atoms with E-state index in [-0.39, 0.29) is 18.2 Å². The molecule has 114 valence electrons. The predicted octanol–water partition coefficient (Wildman–Crippen LogP) is 0.603. The number of amides is 2. The average Bonchev–Trinajstić information content (AvgIpc) is 2.94. The SMILES string of the molecule is O=C1NC(C(=O)Nc2cccc(-n3cc[nH]c3=O)c2)CCO1. The minimum absolute atomic E-state index is 0.211. The fourth-order valence-corrected chi connectivity index (χ4v) is 2.21. The van der Waals surface area contributed by atoms with Crippen molar-refractivity contribution >= 4 is 17.7 Å². The second-order valence-corrected chi connectivity index (χ2v) is 4.80. The first-order chi connectivity index (χ1) is 10.6. The highest BCUT2D eigenvalue weighted by atomic mass is 16.6. The second-order valence-electron chi connectivity index (χ2n) is 4.80. The molecular formula is C14H14N4O4. The Hall–Kier alpha value is -3.03. The van der Waals surface area contributed by atoms with Crippen molar-refractivity contribution in [2.75, 3.05) is 11.9 Å². The molecule has 1 aromatic carbocycles. The number of carbonyl (C=O) groups is 2. The van der Waals surface area contributed by atoms with Crippen molar-refractivity contribution in [3.63, 3.8) is 0 Å². The van der Waals surface area contributed by atoms with Gasteiger partial charge in [0.25, 0.3) is 0 Å². The molecule has 2 aromatic rings. The van der Waals surface area contributed by atoms with Crippen molar-refractivity contribution < 1.29 is 14.3 Å². The first-order valence-electron chi connectivity index (χ1n) is 6.74. The molecule has 0 radical (unpaired) electrons. The monoisotopic (exact) mass is 302 g/mol. The molecule has 0 aliphatic carbocycles. The van der Waals surface area contributed by atoms with E-state index in [2.05, 4.69) is 15.6 Å². The van der Waals surface area contributed by atoms with Crippen LogP contribution in [-0.4, -0.2) is 34.2 Å². The van der Waals surface area contributed by atoms with E-state index in [0.29, 0.717) is 17.8 Å². The molecule has 8 heteroatoms. The average molecular weight is 302 g/mol. The van der Waals surface area contributed by atoms with Crippen LogP contribution in [0.25, 0.3) is 5.69 Å². The largest absolute Gasteiger partial charge is 0.449 e. The van der Waals surface area contributed by atoms with Crippen LogP contribution in [0.4, 0.5) is 10.5 Å². The number of rotatable bonds is 3. The summed E-state index contributed by atoms with van der Waals surface area (Å²) in [6, 6.07) is 6.24. The van der Waals surface area contributed by atoms with Crippen LogP contribution < -0.4 is 16.3 Å². The van der Waals surface area contributed by atoms with Crippen LogP contribution in [0.15, 0.2) is 41.5 Å². The zero-order valence-electron chi connectivity index (χ0n) is 11.5. The Labute approximate surface area is 125 Å². The molecule has 1 fully saturated rings. The van der Waals surface area contributed by atoms with E-state index in [1.54, 1.807) is 30.5 Å². The summed E-state index contributed by atoms with van der Waals surface area (Å²) in [6.45, 7) is 0.211. The molecule has 2 amide bonds. The van der Waals surface area contributed by atoms with Crippen molar-refractivity contribution in [1.29, 1.82) is 0 Å². The smallest absolute Gasteiger partial charge is 0.407 e. The van der Waals surface area contributed by atoms with Crippen LogP contribution in [0.1, 0.15) is 6.42 Å². The van der Waals surface area contributed by atoms with E-state index >= 15 is 0 Å². The van der Waals surface area contributed by atoms with Gasteiger partial charge in [-0.1, -0.05) is 6.07 Å². The third kappa shape index (κ3) is 2.85. The maximum Gasteiger partial charge on any atom is 0.407 e. The first kappa shape index (κ1) is 13.9. The molecule has 1 aliphatic rings. The molecule has 1 aromatic heterocycles. The number of nitrogens with zero attached hydrogens (tertiary/aromatic N) is 1. The highest BCUT2D eigenvalue weighted by molar-refractivity contribution is 5.97. The van der Waals surface area contributed by atoms with E-state index in [1.807, 2.05) is 0 Å². The van der Waals surface area contributed by atoms with Gasteiger partial charge in [0.05, 0.1) is 12.3 Å². The number of benzene rings is 1. The highest BCUT2D eigenvalue weighted by Crippen LogP contribution is 2.14. The lowest BCUT2D eigenvalue weighted by Gasteiger charge is -2.22. The third-order valence-corrected chi connectivity index (χ3v) is 3.29. The Bertz CT molecular complexity index is 764. The number of hydrogen-bond donors (Lipinski definition) is 3. The molecule has 1 atom stereocenters. The van der Waals surface area contributed by atoms with Gasteiger partial charge in [-0.05, 0) is 18.2 Å². The van der Waals surface area contributed by atoms with E-state index in [1.165, 1.54) is 10.8 Å². The number of hydrogen-bond acceptors (Lipinski definition) is 4. The Kier molecular flexibility index (Phi) is 3.65. The molecule has 1 aliphatic heterocycles. The summed E-state index contributed by atoms with van der Waals surface area (Å²) in [6.07, 6.45) is 2.95. The standard InChI is InChI=1S/C14H14N4O4/c19-12(11-4-7-22-14(21)17-11)16-9-2-1-3-10(8-9)18-6-5-15-13(18)20/h1-3,5-6,8,11H,4,7H2,(H,15,20)(H,16,19)(H,17,21). The normalized spacial score (nSPS) is 17.5. The van der Waals surface area contributed by atoms with Gasteiger partial charge >= 0.3 is 11.8 Å². The van der Waals surface area contributed by atoms with Gasteiger partial charge in [0.15, 0.2) is 0 Å². The number of H-pyrrole nitrogens is 1. The lowest BCUT2D eigenvalue weighted by atomic mass is 10.2. The number of anilines is 1. The Morgan fingerprint density at radius 3 is 2.95 bits per heavy atom. The Balaban J connectivity index is 1.76. The van der Waals surface area contributed by atoms with Crippen molar-refractivity contribution in [3.8, 4) is 5.69 Å². The van der Waals surface area contributed by atoms with Crippen LogP contribution in [0, 0.1) is 0 Å². The minimum Gasteiger partial charge on any atom is -0.449 e. The van der Waals surface area contributed by atoms with Gasteiger partial charge in [0.2, 0.25) is 5.91 Å². The summed E-state index contributed by atoms with van der Waals surface area (Å²) < 4.78 is 6.14. The number of ether oxygens (including phenoxy) is 1. The van der Waals surface area contributed by atoms with Gasteiger partial charge < -0.3 is 20.4 Å². The van der Waals surface area contributed by atoms with Crippen LogP contribution in [0.5, 0.6) is 0 Å². The molecule has 1 saturated heterocycles. The van der Waals surface area contributed by atoms with Gasteiger partial charge in [0, 0.05) is 24.5 Å². The zero-order valence-corrected chi connectivity index (χ0v) is 11.5. The van der Waals surface area contributed by atoms with Gasteiger partial charge in [-0.3, -0.25) is 9.36 Å².